The quantitative estimate of drug-likeness (QED) is 0.268. The monoisotopic (exact) mass is 309 g/mol. The molecule has 1 amide bonds. The zero-order chi connectivity index (χ0) is 16.4. The molecule has 21 heavy (non-hydrogen) atoms. The number of carbonyl (C=O) groups excluding carboxylic acids is 1. The van der Waals surface area contributed by atoms with Gasteiger partial charge in [-0.25, -0.2) is 4.79 Å². The Hall–Kier alpha value is -1.30. The van der Waals surface area contributed by atoms with Crippen LogP contribution in [0.3, 0.4) is 0 Å². The Morgan fingerprint density at radius 2 is 2.00 bits per heavy atom. The van der Waals surface area contributed by atoms with Crippen molar-refractivity contribution in [2.75, 3.05) is 6.61 Å². The fourth-order valence-electron chi connectivity index (χ4n) is 2.14. The van der Waals surface area contributed by atoms with Gasteiger partial charge in [0.05, 0.1) is 18.8 Å². The molecule has 0 radical (unpaired) electrons. The van der Waals surface area contributed by atoms with Gasteiger partial charge in [-0.2, -0.15) is 0 Å². The largest absolute Gasteiger partial charge is 0.477 e. The summed E-state index contributed by atoms with van der Waals surface area (Å²) in [6.07, 6.45) is -7.48. The van der Waals surface area contributed by atoms with Crippen molar-refractivity contribution in [1.82, 2.24) is 5.32 Å². The summed E-state index contributed by atoms with van der Waals surface area (Å²) in [5, 5.41) is 59.0. The van der Waals surface area contributed by atoms with Crippen molar-refractivity contribution < 1.29 is 45.0 Å². The van der Waals surface area contributed by atoms with E-state index in [0.29, 0.717) is 0 Å². The lowest BCUT2D eigenvalue weighted by Crippen LogP contribution is -2.67. The molecule has 1 aliphatic rings. The number of carboxylic acid groups (broad SMARTS) is 1. The van der Waals surface area contributed by atoms with Crippen LogP contribution >= 0.6 is 0 Å². The van der Waals surface area contributed by atoms with Crippen molar-refractivity contribution >= 4 is 11.9 Å². The third kappa shape index (κ3) is 3.87. The van der Waals surface area contributed by atoms with Gasteiger partial charge in [-0.05, 0) is 0 Å². The Morgan fingerprint density at radius 3 is 2.43 bits per heavy atom. The molecule has 0 saturated carbocycles. The lowest BCUT2D eigenvalue weighted by Gasteiger charge is -2.44. The molecule has 0 bridgehead atoms. The van der Waals surface area contributed by atoms with Crippen LogP contribution in [0.1, 0.15) is 13.3 Å². The van der Waals surface area contributed by atoms with Crippen LogP contribution in [0, 0.1) is 0 Å². The molecule has 1 saturated heterocycles. The maximum atomic E-state index is 11.1. The average Bonchev–Trinajstić information content (AvgIpc) is 2.39. The predicted molar refractivity (Wildman–Crippen MR) is 64.8 cm³/mol. The molecule has 0 aromatic heterocycles. The summed E-state index contributed by atoms with van der Waals surface area (Å²) in [5.41, 5.74) is 0. The standard InChI is InChI=1S/C11H19NO9/c1-4(14)12-7-5(15)2-11(20,10(18)19)21-9(7)8(17)6(16)3-13/h5-9,13,15-17,20H,2-3H2,1H3,(H,12,14)(H,18,19)/t5?,6-,7+,8-,9?,11?/m0/s1. The molecule has 0 aromatic carbocycles. The van der Waals surface area contributed by atoms with Gasteiger partial charge in [-0.1, -0.05) is 0 Å². The normalized spacial score (nSPS) is 35.8. The summed E-state index contributed by atoms with van der Waals surface area (Å²) in [4.78, 5) is 22.1. The molecular weight excluding hydrogens is 290 g/mol. The molecule has 1 aliphatic heterocycles. The van der Waals surface area contributed by atoms with E-state index in [4.69, 9.17) is 14.9 Å². The van der Waals surface area contributed by atoms with Crippen molar-refractivity contribution in [2.24, 2.45) is 0 Å². The van der Waals surface area contributed by atoms with Gasteiger partial charge in [0.25, 0.3) is 5.79 Å². The first kappa shape index (κ1) is 17.8. The van der Waals surface area contributed by atoms with E-state index in [-0.39, 0.29) is 0 Å². The minimum atomic E-state index is -2.78. The van der Waals surface area contributed by atoms with Gasteiger partial charge in [0.2, 0.25) is 5.91 Å². The SMILES string of the molecule is CC(=O)N[C@@H]1C(O)CC(O)(C(=O)O)OC1[C@@H](O)[C@@H](O)CO. The fraction of sp³-hybridized carbons (Fsp3) is 0.818. The number of aliphatic hydroxyl groups is 5. The molecule has 122 valence electrons. The van der Waals surface area contributed by atoms with Crippen LogP contribution in [0.15, 0.2) is 0 Å². The number of aliphatic hydroxyl groups excluding tert-OH is 4. The topological polar surface area (TPSA) is 177 Å². The predicted octanol–water partition coefficient (Wildman–Crippen LogP) is -3.87. The fourth-order valence-corrected chi connectivity index (χ4v) is 2.14. The molecule has 1 fully saturated rings. The van der Waals surface area contributed by atoms with E-state index in [9.17, 15) is 30.0 Å². The summed E-state index contributed by atoms with van der Waals surface area (Å²) < 4.78 is 4.86. The van der Waals surface area contributed by atoms with Crippen LogP contribution in [0.25, 0.3) is 0 Å². The van der Waals surface area contributed by atoms with E-state index in [1.807, 2.05) is 0 Å². The van der Waals surface area contributed by atoms with E-state index in [1.54, 1.807) is 0 Å². The number of carboxylic acids is 1. The molecule has 10 heteroatoms. The lowest BCUT2D eigenvalue weighted by molar-refractivity contribution is -0.295. The van der Waals surface area contributed by atoms with Crippen molar-refractivity contribution in [2.45, 2.75) is 49.6 Å². The highest BCUT2D eigenvalue weighted by atomic mass is 16.7. The average molecular weight is 309 g/mol. The molecule has 7 N–H and O–H groups in total. The van der Waals surface area contributed by atoms with Gasteiger partial charge in [0, 0.05) is 13.3 Å². The second-order valence-electron chi connectivity index (χ2n) is 4.91. The first-order valence-corrected chi connectivity index (χ1v) is 6.18. The molecule has 6 atom stereocenters. The molecule has 0 spiro atoms. The van der Waals surface area contributed by atoms with Crippen LogP contribution in [0.2, 0.25) is 0 Å². The zero-order valence-electron chi connectivity index (χ0n) is 11.2. The highest BCUT2D eigenvalue weighted by molar-refractivity contribution is 5.76. The lowest BCUT2D eigenvalue weighted by atomic mass is 9.88. The van der Waals surface area contributed by atoms with E-state index in [0.717, 1.165) is 6.92 Å². The number of amides is 1. The summed E-state index contributed by atoms with van der Waals surface area (Å²) >= 11 is 0. The van der Waals surface area contributed by atoms with E-state index in [2.05, 4.69) is 5.32 Å². The molecular formula is C11H19NO9. The number of ether oxygens (including phenoxy) is 1. The Kier molecular flexibility index (Phi) is 5.61. The van der Waals surface area contributed by atoms with Gasteiger partial charge in [0.15, 0.2) is 0 Å². The van der Waals surface area contributed by atoms with Crippen molar-refractivity contribution in [3.63, 3.8) is 0 Å². The minimum Gasteiger partial charge on any atom is -0.477 e. The first-order chi connectivity index (χ1) is 9.62. The zero-order valence-corrected chi connectivity index (χ0v) is 11.2. The van der Waals surface area contributed by atoms with E-state index in [1.165, 1.54) is 0 Å². The summed E-state index contributed by atoms with van der Waals surface area (Å²) in [5.74, 6) is -5.17. The second-order valence-corrected chi connectivity index (χ2v) is 4.91. The van der Waals surface area contributed by atoms with Crippen LogP contribution in [0.5, 0.6) is 0 Å². The maximum absolute atomic E-state index is 11.1. The van der Waals surface area contributed by atoms with E-state index >= 15 is 0 Å². The number of rotatable bonds is 5. The molecule has 1 rings (SSSR count). The third-order valence-electron chi connectivity index (χ3n) is 3.21. The van der Waals surface area contributed by atoms with Crippen molar-refractivity contribution in [3.8, 4) is 0 Å². The van der Waals surface area contributed by atoms with Gasteiger partial charge < -0.3 is 40.7 Å². The van der Waals surface area contributed by atoms with Gasteiger partial charge in [-0.15, -0.1) is 0 Å². The van der Waals surface area contributed by atoms with Crippen LogP contribution in [0.4, 0.5) is 0 Å². The smallest absolute Gasteiger partial charge is 0.364 e. The van der Waals surface area contributed by atoms with Crippen LogP contribution in [-0.4, -0.2) is 85.4 Å². The van der Waals surface area contributed by atoms with Crippen LogP contribution < -0.4 is 5.32 Å². The highest BCUT2D eigenvalue weighted by Crippen LogP contribution is 2.30. The first-order valence-electron chi connectivity index (χ1n) is 6.18. The molecule has 1 heterocycles. The summed E-state index contributed by atoms with van der Waals surface area (Å²) in [6.45, 7) is 0.256. The molecule has 0 aliphatic carbocycles. The van der Waals surface area contributed by atoms with Crippen molar-refractivity contribution in [1.29, 1.82) is 0 Å². The number of hydrogen-bond acceptors (Lipinski definition) is 8. The molecule has 3 unspecified atom stereocenters. The Balaban J connectivity index is 3.07. The highest BCUT2D eigenvalue weighted by Gasteiger charge is 2.53. The van der Waals surface area contributed by atoms with Crippen LogP contribution in [-0.2, 0) is 14.3 Å². The third-order valence-corrected chi connectivity index (χ3v) is 3.21. The Labute approximate surface area is 119 Å². The number of hydrogen-bond donors (Lipinski definition) is 7. The summed E-state index contributed by atoms with van der Waals surface area (Å²) in [7, 11) is 0. The van der Waals surface area contributed by atoms with Gasteiger partial charge >= 0.3 is 5.97 Å². The van der Waals surface area contributed by atoms with Gasteiger partial charge in [-0.3, -0.25) is 4.79 Å². The number of carbonyl (C=O) groups is 2. The number of aliphatic carboxylic acids is 1. The molecule has 10 nitrogen and oxygen atoms in total. The number of nitrogens with one attached hydrogen (secondary N) is 1. The molecule has 0 aromatic rings. The second kappa shape index (κ2) is 6.64. The maximum Gasteiger partial charge on any atom is 0.364 e. The Morgan fingerprint density at radius 1 is 1.43 bits per heavy atom. The minimum absolute atomic E-state index is 0.598. The van der Waals surface area contributed by atoms with Crippen molar-refractivity contribution in [3.05, 3.63) is 0 Å². The van der Waals surface area contributed by atoms with Gasteiger partial charge in [0.1, 0.15) is 18.3 Å². The van der Waals surface area contributed by atoms with E-state index < -0.39 is 61.1 Å². The Bertz CT molecular complexity index is 403. The summed E-state index contributed by atoms with van der Waals surface area (Å²) in [6, 6.07) is -1.27.